The van der Waals surface area contributed by atoms with Crippen molar-refractivity contribution in [3.05, 3.63) is 122 Å². The zero-order valence-corrected chi connectivity index (χ0v) is 54.4. The third kappa shape index (κ3) is 68.5. The first-order chi connectivity index (χ1) is 41.0. The van der Waals surface area contributed by atoms with Gasteiger partial charge in [-0.15, -0.1) is 0 Å². The van der Waals surface area contributed by atoms with Crippen LogP contribution in [0, 0.1) is 0 Å². The molecule has 83 heavy (non-hydrogen) atoms. The normalized spacial score (nSPS) is 12.9. The molecule has 6 nitrogen and oxygen atoms in total. The SMILES string of the molecule is CC/C=C\C/C=C\C/C=C\C/C=C\C/C=C\C/C=C\C/C=C\C/C=C\C/C=C\CCCCCCCCCC(=O)OCC(COC(=O)CCCCCCCCCCCCCCC)OC(=O)CCCCCCCCC/C=C\CCCCCCCC. The molecule has 0 saturated heterocycles. The lowest BCUT2D eigenvalue weighted by Gasteiger charge is -2.18. The first kappa shape index (κ1) is 78.8. The van der Waals surface area contributed by atoms with Crippen molar-refractivity contribution >= 4 is 17.9 Å². The Kier molecular flexibility index (Phi) is 66.7. The van der Waals surface area contributed by atoms with Gasteiger partial charge < -0.3 is 14.2 Å². The van der Waals surface area contributed by atoms with E-state index in [2.05, 4.69) is 142 Å². The number of rotatable bonds is 63. The number of esters is 3. The second-order valence-electron chi connectivity index (χ2n) is 23.1. The lowest BCUT2D eigenvalue weighted by molar-refractivity contribution is -0.167. The number of unbranched alkanes of at least 4 members (excludes halogenated alkanes) is 32. The molecule has 0 bridgehead atoms. The number of ether oxygens (including phenoxy) is 3. The van der Waals surface area contributed by atoms with E-state index in [1.54, 1.807) is 0 Å². The molecule has 0 aromatic rings. The van der Waals surface area contributed by atoms with Crippen LogP contribution in [0.5, 0.6) is 0 Å². The standard InChI is InChI=1S/C77H130O6/c1-4-7-10-13-16-19-22-25-27-29-30-31-32-33-34-35-36-37-38-39-40-41-42-43-44-45-46-48-49-52-55-58-61-64-67-70-76(79)82-73-74(72-81-75(78)69-66-63-60-57-54-51-24-21-18-15-12-9-6-3)83-77(80)71-68-65-62-59-56-53-50-47-28-26-23-20-17-14-11-8-5-2/h7,10,16,19,25-28,30-31,33-34,36-37,39-40,42-43,45-46,74H,4-6,8-9,11-15,17-18,20-24,29,32,35,38,41,44,47-73H2,1-3H3/b10-7-,19-16-,27-25-,28-26-,31-30-,34-33-,37-36-,40-39-,43-42-,46-45-. The summed E-state index contributed by atoms with van der Waals surface area (Å²) in [5.41, 5.74) is 0. The number of hydrogen-bond acceptors (Lipinski definition) is 6. The van der Waals surface area contributed by atoms with Gasteiger partial charge in [0.05, 0.1) is 0 Å². The lowest BCUT2D eigenvalue weighted by atomic mass is 10.0. The van der Waals surface area contributed by atoms with E-state index in [9.17, 15) is 14.4 Å². The summed E-state index contributed by atoms with van der Waals surface area (Å²) in [6.07, 6.45) is 97.9. The largest absolute Gasteiger partial charge is 0.462 e. The van der Waals surface area contributed by atoms with Crippen LogP contribution in [-0.4, -0.2) is 37.2 Å². The third-order valence-electron chi connectivity index (χ3n) is 15.0. The van der Waals surface area contributed by atoms with Crippen LogP contribution in [0.25, 0.3) is 0 Å². The minimum Gasteiger partial charge on any atom is -0.462 e. The van der Waals surface area contributed by atoms with Gasteiger partial charge in [0.15, 0.2) is 6.10 Å². The van der Waals surface area contributed by atoms with Gasteiger partial charge in [0, 0.05) is 19.3 Å². The number of allylic oxidation sites excluding steroid dienone is 20. The minimum atomic E-state index is -0.786. The first-order valence-corrected chi connectivity index (χ1v) is 35.0. The summed E-state index contributed by atoms with van der Waals surface area (Å²) >= 11 is 0. The van der Waals surface area contributed by atoms with Crippen LogP contribution in [0.15, 0.2) is 122 Å². The fourth-order valence-corrected chi connectivity index (χ4v) is 9.73. The minimum absolute atomic E-state index is 0.0809. The van der Waals surface area contributed by atoms with Gasteiger partial charge in [0.25, 0.3) is 0 Å². The Morgan fingerprint density at radius 3 is 0.747 bits per heavy atom. The maximum absolute atomic E-state index is 12.9. The van der Waals surface area contributed by atoms with E-state index in [-0.39, 0.29) is 31.1 Å². The molecule has 0 N–H and O–H groups in total. The molecule has 0 fully saturated rings. The van der Waals surface area contributed by atoms with Gasteiger partial charge in [-0.25, -0.2) is 0 Å². The van der Waals surface area contributed by atoms with Crippen LogP contribution < -0.4 is 0 Å². The molecular weight excluding hydrogens is 1020 g/mol. The van der Waals surface area contributed by atoms with Crippen LogP contribution in [0.2, 0.25) is 0 Å². The van der Waals surface area contributed by atoms with Crippen molar-refractivity contribution < 1.29 is 28.6 Å². The van der Waals surface area contributed by atoms with E-state index >= 15 is 0 Å². The first-order valence-electron chi connectivity index (χ1n) is 35.0. The van der Waals surface area contributed by atoms with Gasteiger partial charge in [-0.05, 0) is 116 Å². The Balaban J connectivity index is 4.27. The van der Waals surface area contributed by atoms with Gasteiger partial charge in [-0.2, -0.15) is 0 Å². The maximum atomic E-state index is 12.9. The van der Waals surface area contributed by atoms with Crippen LogP contribution in [0.3, 0.4) is 0 Å². The van der Waals surface area contributed by atoms with Gasteiger partial charge >= 0.3 is 17.9 Å². The molecular formula is C77H130O6. The van der Waals surface area contributed by atoms with Gasteiger partial charge in [0.1, 0.15) is 13.2 Å². The zero-order valence-electron chi connectivity index (χ0n) is 54.4. The smallest absolute Gasteiger partial charge is 0.306 e. The Morgan fingerprint density at radius 2 is 0.470 bits per heavy atom. The topological polar surface area (TPSA) is 78.9 Å². The van der Waals surface area contributed by atoms with E-state index in [1.807, 2.05) is 0 Å². The van der Waals surface area contributed by atoms with Crippen molar-refractivity contribution in [1.29, 1.82) is 0 Å². The van der Waals surface area contributed by atoms with Gasteiger partial charge in [-0.1, -0.05) is 316 Å². The highest BCUT2D eigenvalue weighted by Gasteiger charge is 2.19. The van der Waals surface area contributed by atoms with Gasteiger partial charge in [0.2, 0.25) is 0 Å². The van der Waals surface area contributed by atoms with E-state index in [0.29, 0.717) is 19.3 Å². The molecule has 474 valence electrons. The Labute approximate surface area is 513 Å². The third-order valence-corrected chi connectivity index (χ3v) is 15.0. The number of hydrogen-bond donors (Lipinski definition) is 0. The molecule has 0 aromatic carbocycles. The summed E-state index contributed by atoms with van der Waals surface area (Å²) in [4.78, 5) is 38.4. The molecule has 0 aliphatic rings. The van der Waals surface area contributed by atoms with Crippen molar-refractivity contribution in [2.45, 2.75) is 335 Å². The molecule has 0 heterocycles. The number of carbonyl (C=O) groups excluding carboxylic acids is 3. The molecule has 1 unspecified atom stereocenters. The van der Waals surface area contributed by atoms with Crippen molar-refractivity contribution in [3.8, 4) is 0 Å². The van der Waals surface area contributed by atoms with Crippen LogP contribution in [0.4, 0.5) is 0 Å². The zero-order chi connectivity index (χ0) is 59.9. The molecule has 0 aliphatic carbocycles. The van der Waals surface area contributed by atoms with Crippen molar-refractivity contribution in [1.82, 2.24) is 0 Å². The van der Waals surface area contributed by atoms with E-state index < -0.39 is 6.10 Å². The summed E-state index contributed by atoms with van der Waals surface area (Å²) < 4.78 is 16.9. The second-order valence-corrected chi connectivity index (χ2v) is 23.1. The summed E-state index contributed by atoms with van der Waals surface area (Å²) in [5.74, 6) is -0.886. The molecule has 1 atom stereocenters. The van der Waals surface area contributed by atoms with Crippen LogP contribution in [-0.2, 0) is 28.6 Å². The Morgan fingerprint density at radius 1 is 0.253 bits per heavy atom. The molecule has 0 saturated carbocycles. The van der Waals surface area contributed by atoms with Crippen LogP contribution in [0.1, 0.15) is 329 Å². The molecule has 0 spiro atoms. The molecule has 0 radical (unpaired) electrons. The summed E-state index contributed by atoms with van der Waals surface area (Å²) in [5, 5.41) is 0. The highest BCUT2D eigenvalue weighted by atomic mass is 16.6. The van der Waals surface area contributed by atoms with E-state index in [0.717, 1.165) is 122 Å². The molecule has 0 amide bonds. The molecule has 0 rings (SSSR count). The summed E-state index contributed by atoms with van der Waals surface area (Å²) in [6.45, 7) is 6.54. The molecule has 6 heteroatoms. The predicted molar refractivity (Wildman–Crippen MR) is 362 cm³/mol. The Hall–Kier alpha value is -4.19. The van der Waals surface area contributed by atoms with Crippen molar-refractivity contribution in [3.63, 3.8) is 0 Å². The predicted octanol–water partition coefficient (Wildman–Crippen LogP) is 24.3. The summed E-state index contributed by atoms with van der Waals surface area (Å²) in [6, 6.07) is 0. The Bertz CT molecular complexity index is 1700. The van der Waals surface area contributed by atoms with Crippen molar-refractivity contribution in [2.24, 2.45) is 0 Å². The number of carbonyl (C=O) groups is 3. The van der Waals surface area contributed by atoms with E-state index in [4.69, 9.17) is 14.2 Å². The lowest BCUT2D eigenvalue weighted by Crippen LogP contribution is -2.30. The molecule has 0 aliphatic heterocycles. The molecule has 0 aromatic heterocycles. The van der Waals surface area contributed by atoms with Gasteiger partial charge in [-0.3, -0.25) is 14.4 Å². The average Bonchev–Trinajstić information content (AvgIpc) is 3.49. The monoisotopic (exact) mass is 1150 g/mol. The summed E-state index contributed by atoms with van der Waals surface area (Å²) in [7, 11) is 0. The van der Waals surface area contributed by atoms with E-state index in [1.165, 1.54) is 167 Å². The second kappa shape index (κ2) is 70.3. The average molecular weight is 1150 g/mol. The maximum Gasteiger partial charge on any atom is 0.306 e. The van der Waals surface area contributed by atoms with Crippen molar-refractivity contribution in [2.75, 3.05) is 13.2 Å². The fraction of sp³-hybridized carbons (Fsp3) is 0.701. The highest BCUT2D eigenvalue weighted by molar-refractivity contribution is 5.71. The fourth-order valence-electron chi connectivity index (χ4n) is 9.73. The quantitative estimate of drug-likeness (QED) is 0.0261. The highest BCUT2D eigenvalue weighted by Crippen LogP contribution is 2.16. The van der Waals surface area contributed by atoms with Crippen LogP contribution >= 0.6 is 0 Å².